The zero-order valence-corrected chi connectivity index (χ0v) is 12.6. The van der Waals surface area contributed by atoms with Gasteiger partial charge >= 0.3 is 0 Å². The predicted molar refractivity (Wildman–Crippen MR) is 83.1 cm³/mol. The zero-order valence-electron chi connectivity index (χ0n) is 11.9. The van der Waals surface area contributed by atoms with Crippen molar-refractivity contribution in [2.45, 2.75) is 31.6 Å². The Labute approximate surface area is 128 Å². The van der Waals surface area contributed by atoms with Crippen LogP contribution in [0.4, 0.5) is 0 Å². The number of H-pyrrole nitrogens is 1. The van der Waals surface area contributed by atoms with E-state index in [0.717, 1.165) is 24.1 Å². The van der Waals surface area contributed by atoms with E-state index in [4.69, 9.17) is 16.3 Å². The molecule has 1 heterocycles. The van der Waals surface area contributed by atoms with Gasteiger partial charge in [0.2, 0.25) is 0 Å². The van der Waals surface area contributed by atoms with Crippen molar-refractivity contribution in [2.75, 3.05) is 7.11 Å². The maximum atomic E-state index is 11.9. The average Bonchev–Trinajstić information content (AvgIpc) is 3.00. The lowest BCUT2D eigenvalue weighted by Crippen LogP contribution is -2.12. The molecule has 1 aliphatic carbocycles. The standard InChI is InChI=1S/C16H17ClN2O2/c1-21-14-8-11(17)6-7-12(14)16-18-13(9-15(20)19-16)10-4-2-3-5-10/h6-10H,2-5H2,1H3,(H,18,19,20). The molecule has 110 valence electrons. The van der Waals surface area contributed by atoms with Crippen LogP contribution in [0.25, 0.3) is 11.4 Å². The summed E-state index contributed by atoms with van der Waals surface area (Å²) in [6.07, 6.45) is 4.62. The molecule has 1 aromatic carbocycles. The lowest BCUT2D eigenvalue weighted by atomic mass is 10.0. The van der Waals surface area contributed by atoms with Gasteiger partial charge in [-0.1, -0.05) is 24.4 Å². The Morgan fingerprint density at radius 2 is 2.05 bits per heavy atom. The van der Waals surface area contributed by atoms with Crippen molar-refractivity contribution in [2.24, 2.45) is 0 Å². The molecule has 2 aromatic rings. The molecule has 1 aromatic heterocycles. The number of benzene rings is 1. The second-order valence-corrected chi connectivity index (χ2v) is 5.78. The summed E-state index contributed by atoms with van der Waals surface area (Å²) in [6, 6.07) is 6.92. The van der Waals surface area contributed by atoms with Crippen molar-refractivity contribution in [3.63, 3.8) is 0 Å². The molecule has 0 amide bonds. The van der Waals surface area contributed by atoms with Crippen molar-refractivity contribution in [3.05, 3.63) is 45.3 Å². The van der Waals surface area contributed by atoms with Crippen molar-refractivity contribution in [3.8, 4) is 17.1 Å². The molecule has 1 saturated carbocycles. The van der Waals surface area contributed by atoms with E-state index in [1.165, 1.54) is 12.8 Å². The Kier molecular flexibility index (Phi) is 3.97. The van der Waals surface area contributed by atoms with E-state index in [2.05, 4.69) is 9.97 Å². The number of rotatable bonds is 3. The molecular weight excluding hydrogens is 288 g/mol. The lowest BCUT2D eigenvalue weighted by molar-refractivity contribution is 0.416. The molecule has 0 aliphatic heterocycles. The quantitative estimate of drug-likeness (QED) is 0.939. The summed E-state index contributed by atoms with van der Waals surface area (Å²) < 4.78 is 5.34. The molecule has 0 unspecified atom stereocenters. The van der Waals surface area contributed by atoms with Gasteiger partial charge in [-0.3, -0.25) is 4.79 Å². The van der Waals surface area contributed by atoms with Crippen molar-refractivity contribution in [1.82, 2.24) is 9.97 Å². The van der Waals surface area contributed by atoms with Crippen molar-refractivity contribution < 1.29 is 4.74 Å². The van der Waals surface area contributed by atoms with E-state index in [1.807, 2.05) is 6.07 Å². The number of nitrogens with one attached hydrogen (secondary N) is 1. The molecule has 0 atom stereocenters. The largest absolute Gasteiger partial charge is 0.496 e. The first-order valence-electron chi connectivity index (χ1n) is 7.12. The van der Waals surface area contributed by atoms with E-state index in [-0.39, 0.29) is 5.56 Å². The van der Waals surface area contributed by atoms with Gasteiger partial charge in [0.05, 0.1) is 18.4 Å². The van der Waals surface area contributed by atoms with E-state index >= 15 is 0 Å². The average molecular weight is 305 g/mol. The van der Waals surface area contributed by atoms with Crippen LogP contribution in [-0.4, -0.2) is 17.1 Å². The van der Waals surface area contributed by atoms with Crippen LogP contribution in [0.15, 0.2) is 29.1 Å². The van der Waals surface area contributed by atoms with E-state index in [0.29, 0.717) is 22.5 Å². The first kappa shape index (κ1) is 14.1. The molecule has 3 rings (SSSR count). The topological polar surface area (TPSA) is 55.0 Å². The lowest BCUT2D eigenvalue weighted by Gasteiger charge is -2.12. The number of aromatic nitrogens is 2. The maximum Gasteiger partial charge on any atom is 0.251 e. The third-order valence-corrected chi connectivity index (χ3v) is 4.19. The fourth-order valence-corrected chi connectivity index (χ4v) is 3.06. The number of halogens is 1. The van der Waals surface area contributed by atoms with Crippen LogP contribution in [0.2, 0.25) is 5.02 Å². The van der Waals surface area contributed by atoms with E-state index in [1.54, 1.807) is 25.3 Å². The van der Waals surface area contributed by atoms with Crippen LogP contribution in [0.3, 0.4) is 0 Å². The van der Waals surface area contributed by atoms with Crippen LogP contribution in [0.1, 0.15) is 37.3 Å². The molecule has 5 heteroatoms. The number of nitrogens with zero attached hydrogens (tertiary/aromatic N) is 1. The summed E-state index contributed by atoms with van der Waals surface area (Å²) >= 11 is 5.98. The van der Waals surface area contributed by atoms with Gasteiger partial charge in [0.25, 0.3) is 5.56 Å². The second-order valence-electron chi connectivity index (χ2n) is 5.34. The molecule has 1 fully saturated rings. The molecule has 1 aliphatic rings. The van der Waals surface area contributed by atoms with Crippen molar-refractivity contribution in [1.29, 1.82) is 0 Å². The van der Waals surface area contributed by atoms with Crippen LogP contribution in [0, 0.1) is 0 Å². The maximum absolute atomic E-state index is 11.9. The minimum absolute atomic E-state index is 0.126. The summed E-state index contributed by atoms with van der Waals surface area (Å²) in [5.41, 5.74) is 1.50. The smallest absolute Gasteiger partial charge is 0.251 e. The van der Waals surface area contributed by atoms with E-state index < -0.39 is 0 Å². The number of ether oxygens (including phenoxy) is 1. The van der Waals surface area contributed by atoms with Gasteiger partial charge in [0.15, 0.2) is 0 Å². The Morgan fingerprint density at radius 1 is 1.29 bits per heavy atom. The van der Waals surface area contributed by atoms with E-state index in [9.17, 15) is 4.79 Å². The highest BCUT2D eigenvalue weighted by atomic mass is 35.5. The normalized spacial score (nSPS) is 15.3. The molecule has 0 radical (unpaired) electrons. The minimum Gasteiger partial charge on any atom is -0.496 e. The van der Waals surface area contributed by atoms with Gasteiger partial charge in [-0.25, -0.2) is 4.98 Å². The number of hydrogen-bond donors (Lipinski definition) is 1. The van der Waals surface area contributed by atoms with Gasteiger partial charge in [-0.15, -0.1) is 0 Å². The Bertz CT molecular complexity index is 706. The van der Waals surface area contributed by atoms with Crippen LogP contribution >= 0.6 is 11.6 Å². The molecule has 0 spiro atoms. The highest BCUT2D eigenvalue weighted by molar-refractivity contribution is 6.30. The van der Waals surface area contributed by atoms with Crippen LogP contribution in [0.5, 0.6) is 5.75 Å². The Hall–Kier alpha value is -1.81. The molecule has 4 nitrogen and oxygen atoms in total. The fourth-order valence-electron chi connectivity index (χ4n) is 2.90. The van der Waals surface area contributed by atoms with Crippen molar-refractivity contribution >= 4 is 11.6 Å². The summed E-state index contributed by atoms with van der Waals surface area (Å²) in [4.78, 5) is 19.4. The Balaban J connectivity index is 2.08. The van der Waals surface area contributed by atoms with Gasteiger partial charge in [-0.2, -0.15) is 0 Å². The highest BCUT2D eigenvalue weighted by Crippen LogP contribution is 2.34. The van der Waals surface area contributed by atoms with Gasteiger partial charge in [0, 0.05) is 17.0 Å². The SMILES string of the molecule is COc1cc(Cl)ccc1-c1nc(C2CCCC2)cc(=O)[nH]1. The molecule has 0 bridgehead atoms. The number of hydrogen-bond acceptors (Lipinski definition) is 3. The summed E-state index contributed by atoms with van der Waals surface area (Å²) in [5.74, 6) is 1.54. The number of methoxy groups -OCH3 is 1. The highest BCUT2D eigenvalue weighted by Gasteiger charge is 2.20. The van der Waals surface area contributed by atoms with Gasteiger partial charge in [0.1, 0.15) is 11.6 Å². The zero-order chi connectivity index (χ0) is 14.8. The monoisotopic (exact) mass is 304 g/mol. The van der Waals surface area contributed by atoms with Gasteiger partial charge in [-0.05, 0) is 31.0 Å². The van der Waals surface area contributed by atoms with Gasteiger partial charge < -0.3 is 9.72 Å². The number of aromatic amines is 1. The minimum atomic E-state index is -0.126. The summed E-state index contributed by atoms with van der Waals surface area (Å²) in [7, 11) is 1.58. The van der Waals surface area contributed by atoms with Crippen LogP contribution in [-0.2, 0) is 0 Å². The fraction of sp³-hybridized carbons (Fsp3) is 0.375. The molecular formula is C16H17ClN2O2. The summed E-state index contributed by atoms with van der Waals surface area (Å²) in [5, 5.41) is 0.588. The van der Waals surface area contributed by atoms with Crippen LogP contribution < -0.4 is 10.3 Å². The Morgan fingerprint density at radius 3 is 2.76 bits per heavy atom. The third kappa shape index (κ3) is 2.95. The summed E-state index contributed by atoms with van der Waals surface area (Å²) in [6.45, 7) is 0. The third-order valence-electron chi connectivity index (χ3n) is 3.95. The molecule has 21 heavy (non-hydrogen) atoms. The molecule has 0 saturated heterocycles. The first-order valence-corrected chi connectivity index (χ1v) is 7.50. The molecule has 1 N–H and O–H groups in total. The second kappa shape index (κ2) is 5.90. The predicted octanol–water partition coefficient (Wildman–Crippen LogP) is 3.76. The first-order chi connectivity index (χ1) is 10.2.